The molecular weight excluding hydrogens is 327 g/mol. The summed E-state index contributed by atoms with van der Waals surface area (Å²) in [6.07, 6.45) is -0.263. The summed E-state index contributed by atoms with van der Waals surface area (Å²) >= 11 is 0. The maximum Gasteiger partial charge on any atom is 0.343 e. The Morgan fingerprint density at radius 2 is 1.83 bits per heavy atom. The van der Waals surface area contributed by atoms with Gasteiger partial charge >= 0.3 is 5.97 Å². The SMILES string of the molecule is CN(C)S(=O)(=O)c1ccc(C(=O)N2CCC(F)(C(=O)O)C2)cc1. The molecule has 0 aromatic heterocycles. The number of benzene rings is 1. The van der Waals surface area contributed by atoms with Gasteiger partial charge in [0.05, 0.1) is 11.4 Å². The van der Waals surface area contributed by atoms with Crippen molar-refractivity contribution in [2.24, 2.45) is 0 Å². The molecule has 9 heteroatoms. The molecule has 1 aromatic rings. The normalized spacial score (nSPS) is 21.7. The van der Waals surface area contributed by atoms with Crippen LogP contribution in [0.3, 0.4) is 0 Å². The lowest BCUT2D eigenvalue weighted by atomic mass is 10.1. The summed E-state index contributed by atoms with van der Waals surface area (Å²) in [6.45, 7) is -0.516. The molecule has 1 heterocycles. The molecule has 7 nitrogen and oxygen atoms in total. The van der Waals surface area contributed by atoms with E-state index in [4.69, 9.17) is 5.11 Å². The Labute approximate surface area is 133 Å². The summed E-state index contributed by atoms with van der Waals surface area (Å²) in [5.41, 5.74) is -2.25. The van der Waals surface area contributed by atoms with Crippen molar-refractivity contribution in [3.05, 3.63) is 29.8 Å². The first-order chi connectivity index (χ1) is 10.6. The van der Waals surface area contributed by atoms with Gasteiger partial charge in [0, 0.05) is 32.6 Å². The van der Waals surface area contributed by atoms with Gasteiger partial charge in [-0.15, -0.1) is 0 Å². The van der Waals surface area contributed by atoms with Gasteiger partial charge in [0.1, 0.15) is 0 Å². The van der Waals surface area contributed by atoms with Crippen LogP contribution < -0.4 is 0 Å². The van der Waals surface area contributed by atoms with Crippen molar-refractivity contribution in [3.8, 4) is 0 Å². The lowest BCUT2D eigenvalue weighted by Crippen LogP contribution is -2.38. The van der Waals surface area contributed by atoms with E-state index in [1.807, 2.05) is 0 Å². The third kappa shape index (κ3) is 3.20. The second-order valence-corrected chi connectivity index (χ2v) is 7.71. The Hall–Kier alpha value is -2.00. The smallest absolute Gasteiger partial charge is 0.343 e. The van der Waals surface area contributed by atoms with E-state index in [9.17, 15) is 22.4 Å². The number of carbonyl (C=O) groups is 2. The van der Waals surface area contributed by atoms with Crippen LogP contribution in [0.25, 0.3) is 0 Å². The van der Waals surface area contributed by atoms with E-state index in [2.05, 4.69) is 0 Å². The molecule has 1 aliphatic heterocycles. The average Bonchev–Trinajstić information content (AvgIpc) is 2.90. The van der Waals surface area contributed by atoms with Crippen molar-refractivity contribution in [1.82, 2.24) is 9.21 Å². The number of alkyl halides is 1. The molecule has 2 rings (SSSR count). The van der Waals surface area contributed by atoms with Crippen LogP contribution in [0.5, 0.6) is 0 Å². The second kappa shape index (κ2) is 5.89. The van der Waals surface area contributed by atoms with Gasteiger partial charge in [-0.3, -0.25) is 4.79 Å². The largest absolute Gasteiger partial charge is 0.479 e. The molecule has 1 amide bonds. The quantitative estimate of drug-likeness (QED) is 0.862. The van der Waals surface area contributed by atoms with Gasteiger partial charge in [0.25, 0.3) is 5.91 Å². The van der Waals surface area contributed by atoms with E-state index in [0.29, 0.717) is 0 Å². The van der Waals surface area contributed by atoms with Gasteiger partial charge in [-0.2, -0.15) is 0 Å². The molecule has 0 saturated carbocycles. The standard InChI is InChI=1S/C14H17FN2O5S/c1-16(2)23(21,22)11-5-3-10(4-6-11)12(18)17-8-7-14(15,9-17)13(19)20/h3-6H,7-9H2,1-2H3,(H,19,20). The van der Waals surface area contributed by atoms with Crippen molar-refractivity contribution in [2.45, 2.75) is 17.0 Å². The summed E-state index contributed by atoms with van der Waals surface area (Å²) < 4.78 is 38.9. The molecule has 1 N–H and O–H groups in total. The van der Waals surface area contributed by atoms with Gasteiger partial charge in [-0.05, 0) is 24.3 Å². The third-order valence-electron chi connectivity index (χ3n) is 3.77. The summed E-state index contributed by atoms with van der Waals surface area (Å²) in [4.78, 5) is 24.3. The number of sulfonamides is 1. The number of aliphatic carboxylic acids is 1. The van der Waals surface area contributed by atoms with Gasteiger partial charge in [0.15, 0.2) is 0 Å². The van der Waals surface area contributed by atoms with Crippen LogP contribution in [0.1, 0.15) is 16.8 Å². The highest BCUT2D eigenvalue weighted by Crippen LogP contribution is 2.27. The fourth-order valence-corrected chi connectivity index (χ4v) is 3.19. The minimum atomic E-state index is -3.60. The minimum absolute atomic E-state index is 0.000614. The van der Waals surface area contributed by atoms with Crippen LogP contribution in [-0.2, 0) is 14.8 Å². The van der Waals surface area contributed by atoms with E-state index in [1.165, 1.54) is 38.4 Å². The Bertz CT molecular complexity index is 732. The number of carbonyl (C=O) groups excluding carboxylic acids is 1. The van der Waals surface area contributed by atoms with Crippen LogP contribution >= 0.6 is 0 Å². The Morgan fingerprint density at radius 3 is 2.26 bits per heavy atom. The van der Waals surface area contributed by atoms with Gasteiger partial charge in [-0.25, -0.2) is 21.9 Å². The molecule has 0 radical (unpaired) electrons. The molecule has 1 atom stereocenters. The van der Waals surface area contributed by atoms with Crippen molar-refractivity contribution in [3.63, 3.8) is 0 Å². The highest BCUT2D eigenvalue weighted by molar-refractivity contribution is 7.89. The van der Waals surface area contributed by atoms with Crippen molar-refractivity contribution >= 4 is 21.9 Å². The molecule has 1 aliphatic rings. The summed E-state index contributed by atoms with van der Waals surface area (Å²) in [5, 5.41) is 8.84. The number of halogens is 1. The zero-order valence-electron chi connectivity index (χ0n) is 12.7. The van der Waals surface area contributed by atoms with Crippen LogP contribution in [0, 0.1) is 0 Å². The van der Waals surface area contributed by atoms with E-state index in [-0.39, 0.29) is 23.4 Å². The molecule has 126 valence electrons. The van der Waals surface area contributed by atoms with Crippen LogP contribution in [0.4, 0.5) is 4.39 Å². The first-order valence-corrected chi connectivity index (χ1v) is 8.26. The van der Waals surface area contributed by atoms with E-state index >= 15 is 0 Å². The van der Waals surface area contributed by atoms with Crippen LogP contribution in [0.15, 0.2) is 29.2 Å². The van der Waals surface area contributed by atoms with Crippen molar-refractivity contribution in [2.75, 3.05) is 27.2 Å². The summed E-state index contributed by atoms with van der Waals surface area (Å²) in [5.74, 6) is -2.11. The molecule has 1 fully saturated rings. The zero-order chi connectivity index (χ0) is 17.4. The Morgan fingerprint density at radius 1 is 1.26 bits per heavy atom. The maximum absolute atomic E-state index is 14.0. The zero-order valence-corrected chi connectivity index (χ0v) is 13.5. The number of likely N-dealkylation sites (tertiary alicyclic amines) is 1. The highest BCUT2D eigenvalue weighted by atomic mass is 32.2. The summed E-state index contributed by atoms with van der Waals surface area (Å²) in [6, 6.07) is 5.24. The lowest BCUT2D eigenvalue weighted by Gasteiger charge is -2.18. The fourth-order valence-electron chi connectivity index (χ4n) is 2.28. The van der Waals surface area contributed by atoms with E-state index < -0.39 is 34.1 Å². The number of carboxylic acids is 1. The van der Waals surface area contributed by atoms with E-state index in [1.54, 1.807) is 0 Å². The average molecular weight is 344 g/mol. The third-order valence-corrected chi connectivity index (χ3v) is 5.60. The second-order valence-electron chi connectivity index (χ2n) is 5.56. The molecule has 23 heavy (non-hydrogen) atoms. The lowest BCUT2D eigenvalue weighted by molar-refractivity contribution is -0.149. The summed E-state index contributed by atoms with van der Waals surface area (Å²) in [7, 11) is -0.809. The predicted octanol–water partition coefficient (Wildman–Crippen LogP) is 0.576. The van der Waals surface area contributed by atoms with E-state index in [0.717, 1.165) is 9.21 Å². The molecule has 0 aliphatic carbocycles. The van der Waals surface area contributed by atoms with Crippen molar-refractivity contribution < 1.29 is 27.5 Å². The topological polar surface area (TPSA) is 95.0 Å². The predicted molar refractivity (Wildman–Crippen MR) is 79.3 cm³/mol. The molecule has 0 spiro atoms. The number of hydrogen-bond donors (Lipinski definition) is 1. The number of amides is 1. The van der Waals surface area contributed by atoms with Gasteiger partial charge in [0.2, 0.25) is 15.7 Å². The molecular formula is C14H17FN2O5S. The Balaban J connectivity index is 2.18. The minimum Gasteiger partial charge on any atom is -0.479 e. The van der Waals surface area contributed by atoms with Crippen LogP contribution in [-0.4, -0.2) is 67.5 Å². The van der Waals surface area contributed by atoms with Crippen LogP contribution in [0.2, 0.25) is 0 Å². The first kappa shape index (κ1) is 17.4. The molecule has 0 bridgehead atoms. The number of hydrogen-bond acceptors (Lipinski definition) is 4. The molecule has 1 aromatic carbocycles. The van der Waals surface area contributed by atoms with Gasteiger partial charge in [-0.1, -0.05) is 0 Å². The fraction of sp³-hybridized carbons (Fsp3) is 0.429. The number of rotatable bonds is 4. The number of carboxylic acid groups (broad SMARTS) is 1. The molecule has 1 unspecified atom stereocenters. The Kier molecular flexibility index (Phi) is 4.45. The van der Waals surface area contributed by atoms with Crippen molar-refractivity contribution in [1.29, 1.82) is 0 Å². The highest BCUT2D eigenvalue weighted by Gasteiger charge is 2.46. The van der Waals surface area contributed by atoms with Gasteiger partial charge < -0.3 is 10.0 Å². The monoisotopic (exact) mass is 344 g/mol. The first-order valence-electron chi connectivity index (χ1n) is 6.82. The molecule has 1 saturated heterocycles. The maximum atomic E-state index is 14.0. The number of nitrogens with zero attached hydrogens (tertiary/aromatic N) is 2.